The van der Waals surface area contributed by atoms with Gasteiger partial charge in [-0.05, 0) is 24.4 Å². The summed E-state index contributed by atoms with van der Waals surface area (Å²) in [4.78, 5) is 14.2. The highest BCUT2D eigenvalue weighted by Crippen LogP contribution is 2.32. The number of nitrogens with two attached hydrogens (primary N) is 1. The number of carbonyl (C=O) groups excluding carboxylic acids is 1. The zero-order valence-corrected chi connectivity index (χ0v) is 13.3. The average Bonchev–Trinajstić information content (AvgIpc) is 2.92. The van der Waals surface area contributed by atoms with Crippen molar-refractivity contribution in [3.05, 3.63) is 35.9 Å². The smallest absolute Gasteiger partial charge is 0.222 e. The molecule has 118 valence electrons. The number of amides is 1. The van der Waals surface area contributed by atoms with Gasteiger partial charge in [0, 0.05) is 39.1 Å². The van der Waals surface area contributed by atoms with E-state index in [1.807, 2.05) is 23.1 Å². The van der Waals surface area contributed by atoms with Gasteiger partial charge in [0.2, 0.25) is 5.91 Å². The highest BCUT2D eigenvalue weighted by Gasteiger charge is 2.34. The zero-order valence-electron chi connectivity index (χ0n) is 12.5. The third-order valence-corrected chi connectivity index (χ3v) is 4.06. The summed E-state index contributed by atoms with van der Waals surface area (Å²) in [5.41, 5.74) is 7.17. The van der Waals surface area contributed by atoms with Gasteiger partial charge in [0.25, 0.3) is 0 Å². The Morgan fingerprint density at radius 1 is 1.33 bits per heavy atom. The van der Waals surface area contributed by atoms with Crippen LogP contribution in [-0.2, 0) is 9.53 Å². The lowest BCUT2D eigenvalue weighted by molar-refractivity contribution is -0.130. The molecule has 4 nitrogen and oxygen atoms in total. The van der Waals surface area contributed by atoms with Crippen LogP contribution < -0.4 is 5.73 Å². The molecule has 1 saturated heterocycles. The Balaban J connectivity index is 0.00000220. The Hall–Kier alpha value is -1.10. The van der Waals surface area contributed by atoms with Crippen molar-refractivity contribution in [2.45, 2.75) is 18.8 Å². The number of hydrogen-bond donors (Lipinski definition) is 1. The maximum Gasteiger partial charge on any atom is 0.222 e. The van der Waals surface area contributed by atoms with Gasteiger partial charge in [-0.3, -0.25) is 4.79 Å². The summed E-state index contributed by atoms with van der Waals surface area (Å²) in [5.74, 6) is 0.954. The summed E-state index contributed by atoms with van der Waals surface area (Å²) in [6.07, 6.45) is 1.35. The number of rotatable bonds is 6. The molecule has 1 aromatic carbocycles. The first-order valence-corrected chi connectivity index (χ1v) is 7.28. The fourth-order valence-electron chi connectivity index (χ4n) is 2.92. The van der Waals surface area contributed by atoms with Crippen LogP contribution in [0.5, 0.6) is 0 Å². The van der Waals surface area contributed by atoms with E-state index in [9.17, 15) is 4.79 Å². The number of likely N-dealkylation sites (tertiary alicyclic amines) is 1. The summed E-state index contributed by atoms with van der Waals surface area (Å²) >= 11 is 0. The quantitative estimate of drug-likeness (QED) is 0.818. The van der Waals surface area contributed by atoms with Crippen molar-refractivity contribution in [2.75, 3.05) is 33.4 Å². The fourth-order valence-corrected chi connectivity index (χ4v) is 2.92. The average molecular weight is 313 g/mol. The van der Waals surface area contributed by atoms with E-state index >= 15 is 0 Å². The van der Waals surface area contributed by atoms with Crippen LogP contribution in [0, 0.1) is 5.92 Å². The molecule has 0 aliphatic carbocycles. The van der Waals surface area contributed by atoms with Crippen molar-refractivity contribution < 1.29 is 9.53 Å². The molecule has 1 heterocycles. The highest BCUT2D eigenvalue weighted by molar-refractivity contribution is 5.85. The van der Waals surface area contributed by atoms with Crippen molar-refractivity contribution in [3.63, 3.8) is 0 Å². The predicted octanol–water partition coefficient (Wildman–Crippen LogP) is 2.04. The molecule has 0 bridgehead atoms. The Bertz CT molecular complexity index is 428. The monoisotopic (exact) mass is 312 g/mol. The van der Waals surface area contributed by atoms with Crippen molar-refractivity contribution in [3.8, 4) is 0 Å². The Labute approximate surface area is 133 Å². The third kappa shape index (κ3) is 4.70. The van der Waals surface area contributed by atoms with Gasteiger partial charge in [0.1, 0.15) is 0 Å². The summed E-state index contributed by atoms with van der Waals surface area (Å²) in [6, 6.07) is 10.4. The number of benzene rings is 1. The van der Waals surface area contributed by atoms with Crippen LogP contribution in [0.15, 0.2) is 30.3 Å². The number of methoxy groups -OCH3 is 1. The molecule has 1 aliphatic heterocycles. The Kier molecular flexibility index (Phi) is 7.72. The van der Waals surface area contributed by atoms with Gasteiger partial charge in [-0.15, -0.1) is 12.4 Å². The van der Waals surface area contributed by atoms with Crippen LogP contribution in [0.3, 0.4) is 0 Å². The van der Waals surface area contributed by atoms with Crippen molar-refractivity contribution in [1.82, 2.24) is 4.90 Å². The molecule has 1 amide bonds. The van der Waals surface area contributed by atoms with E-state index in [0.717, 1.165) is 19.5 Å². The van der Waals surface area contributed by atoms with Gasteiger partial charge >= 0.3 is 0 Å². The molecule has 1 fully saturated rings. The van der Waals surface area contributed by atoms with Gasteiger partial charge in [-0.2, -0.15) is 0 Å². The number of carbonyl (C=O) groups is 1. The molecule has 1 aromatic rings. The largest absolute Gasteiger partial charge is 0.385 e. The Morgan fingerprint density at radius 2 is 2.05 bits per heavy atom. The minimum absolute atomic E-state index is 0. The maximum absolute atomic E-state index is 12.2. The molecule has 0 spiro atoms. The van der Waals surface area contributed by atoms with Crippen molar-refractivity contribution >= 4 is 18.3 Å². The standard InChI is InChI=1S/C16H24N2O2.ClH/c1-20-9-5-8-16(19)18-11-14(10-17)15(12-18)13-6-3-2-4-7-13;/h2-4,6-7,14-15H,5,8-12,17H2,1H3;1H/t14-,15+;/m1./s1. The van der Waals surface area contributed by atoms with Crippen molar-refractivity contribution in [2.24, 2.45) is 11.7 Å². The lowest BCUT2D eigenvalue weighted by Gasteiger charge is -2.16. The predicted molar refractivity (Wildman–Crippen MR) is 86.7 cm³/mol. The van der Waals surface area contributed by atoms with E-state index < -0.39 is 0 Å². The lowest BCUT2D eigenvalue weighted by Crippen LogP contribution is -2.29. The molecule has 0 saturated carbocycles. The number of halogens is 1. The molecule has 2 N–H and O–H groups in total. The Morgan fingerprint density at radius 3 is 2.67 bits per heavy atom. The van der Waals surface area contributed by atoms with E-state index in [0.29, 0.717) is 31.4 Å². The number of hydrogen-bond acceptors (Lipinski definition) is 3. The lowest BCUT2D eigenvalue weighted by atomic mass is 9.89. The molecule has 0 aromatic heterocycles. The fraction of sp³-hybridized carbons (Fsp3) is 0.562. The molecule has 2 atom stereocenters. The summed E-state index contributed by atoms with van der Waals surface area (Å²) in [6.45, 7) is 2.84. The van der Waals surface area contributed by atoms with Gasteiger partial charge in [0.15, 0.2) is 0 Å². The van der Waals surface area contributed by atoms with E-state index in [-0.39, 0.29) is 18.3 Å². The zero-order chi connectivity index (χ0) is 14.4. The molecule has 2 rings (SSSR count). The van der Waals surface area contributed by atoms with E-state index in [4.69, 9.17) is 10.5 Å². The summed E-state index contributed by atoms with van der Waals surface area (Å²) < 4.78 is 5.00. The minimum Gasteiger partial charge on any atom is -0.385 e. The van der Waals surface area contributed by atoms with Crippen LogP contribution in [0.4, 0.5) is 0 Å². The van der Waals surface area contributed by atoms with E-state index in [2.05, 4.69) is 12.1 Å². The SMILES string of the molecule is COCCCC(=O)N1C[C@@H](CN)[C@H](c2ccccc2)C1.Cl. The first-order valence-electron chi connectivity index (χ1n) is 7.28. The van der Waals surface area contributed by atoms with Crippen LogP contribution in [0.1, 0.15) is 24.3 Å². The molecule has 0 radical (unpaired) electrons. The van der Waals surface area contributed by atoms with Crippen LogP contribution in [0.2, 0.25) is 0 Å². The van der Waals surface area contributed by atoms with Gasteiger partial charge in [0.05, 0.1) is 0 Å². The molecule has 0 unspecified atom stereocenters. The normalized spacial score (nSPS) is 21.1. The summed E-state index contributed by atoms with van der Waals surface area (Å²) in [5, 5.41) is 0. The molecule has 5 heteroatoms. The topological polar surface area (TPSA) is 55.6 Å². The van der Waals surface area contributed by atoms with Crippen molar-refractivity contribution in [1.29, 1.82) is 0 Å². The molecule has 21 heavy (non-hydrogen) atoms. The van der Waals surface area contributed by atoms with Crippen LogP contribution in [0.25, 0.3) is 0 Å². The molecular formula is C16H25ClN2O2. The summed E-state index contributed by atoms with van der Waals surface area (Å²) in [7, 11) is 1.66. The first-order chi connectivity index (χ1) is 9.76. The first kappa shape index (κ1) is 18.0. The van der Waals surface area contributed by atoms with Gasteiger partial charge < -0.3 is 15.4 Å². The van der Waals surface area contributed by atoms with E-state index in [1.54, 1.807) is 7.11 Å². The van der Waals surface area contributed by atoms with Gasteiger partial charge in [-0.25, -0.2) is 0 Å². The second kappa shape index (κ2) is 9.03. The molecular weight excluding hydrogens is 288 g/mol. The van der Waals surface area contributed by atoms with Crippen LogP contribution >= 0.6 is 12.4 Å². The molecule has 1 aliphatic rings. The van der Waals surface area contributed by atoms with E-state index in [1.165, 1.54) is 5.56 Å². The maximum atomic E-state index is 12.2. The second-order valence-corrected chi connectivity index (χ2v) is 5.41. The van der Waals surface area contributed by atoms with Gasteiger partial charge in [-0.1, -0.05) is 30.3 Å². The number of nitrogens with zero attached hydrogens (tertiary/aromatic N) is 1. The number of ether oxygens (including phenoxy) is 1. The third-order valence-electron chi connectivity index (χ3n) is 4.06. The second-order valence-electron chi connectivity index (χ2n) is 5.41. The van der Waals surface area contributed by atoms with Crippen LogP contribution in [-0.4, -0.2) is 44.2 Å². The highest BCUT2D eigenvalue weighted by atomic mass is 35.5. The minimum atomic E-state index is 0.